The van der Waals surface area contributed by atoms with Crippen LogP contribution in [-0.4, -0.2) is 25.8 Å². The van der Waals surface area contributed by atoms with Gasteiger partial charge in [-0.15, -0.1) is 0 Å². The van der Waals surface area contributed by atoms with Crippen molar-refractivity contribution in [3.63, 3.8) is 0 Å². The summed E-state index contributed by atoms with van der Waals surface area (Å²) in [6.45, 7) is 11.7. The molecule has 5 aromatic carbocycles. The number of carbonyl (C=O) groups is 1. The molecule has 0 bridgehead atoms. The molecule has 0 aliphatic rings. The largest absolute Gasteiger partial charge is 0.460 e. The number of ether oxygens (including phenoxy) is 3. The van der Waals surface area contributed by atoms with Crippen molar-refractivity contribution in [3.8, 4) is 34.8 Å². The smallest absolute Gasteiger partial charge is 0.338 e. The highest BCUT2D eigenvalue weighted by atomic mass is 32.2. The SMILES string of the molecule is CCCCC(C)(C)c1cc(Oc2cccc(C(=O)OCCOCC)c2)c2c(-c3cccc(Sc4cccc(CC)c4)c3)c(C#N)c(C#N)cc2c1. The van der Waals surface area contributed by atoms with Crippen LogP contribution in [0.2, 0.25) is 0 Å². The van der Waals surface area contributed by atoms with E-state index in [1.807, 2.05) is 19.1 Å². The second kappa shape index (κ2) is 17.2. The van der Waals surface area contributed by atoms with E-state index in [4.69, 9.17) is 14.2 Å². The molecule has 5 aromatic rings. The molecule has 0 atom stereocenters. The van der Waals surface area contributed by atoms with Crippen LogP contribution in [0.15, 0.2) is 101 Å². The molecule has 0 aliphatic carbocycles. The average molecular weight is 697 g/mol. The number of nitrogens with zero attached hydrogens (tertiary/aromatic N) is 2. The Labute approximate surface area is 306 Å². The van der Waals surface area contributed by atoms with Crippen molar-refractivity contribution in [2.24, 2.45) is 0 Å². The van der Waals surface area contributed by atoms with Crippen LogP contribution in [0.5, 0.6) is 11.5 Å². The van der Waals surface area contributed by atoms with Crippen LogP contribution >= 0.6 is 11.8 Å². The van der Waals surface area contributed by atoms with E-state index in [1.54, 1.807) is 42.1 Å². The van der Waals surface area contributed by atoms with E-state index in [1.165, 1.54) is 5.56 Å². The van der Waals surface area contributed by atoms with Gasteiger partial charge < -0.3 is 14.2 Å². The molecule has 0 saturated heterocycles. The van der Waals surface area contributed by atoms with Gasteiger partial charge in [-0.1, -0.05) is 88.7 Å². The van der Waals surface area contributed by atoms with Crippen LogP contribution in [0, 0.1) is 22.7 Å². The molecule has 0 aliphatic heterocycles. The molecule has 0 spiro atoms. The fourth-order valence-corrected chi connectivity index (χ4v) is 7.11. The molecule has 0 heterocycles. The quantitative estimate of drug-likeness (QED) is 0.0794. The lowest BCUT2D eigenvalue weighted by atomic mass is 9.78. The number of benzene rings is 5. The van der Waals surface area contributed by atoms with E-state index in [2.05, 4.69) is 88.4 Å². The van der Waals surface area contributed by atoms with Crippen molar-refractivity contribution in [1.29, 1.82) is 10.5 Å². The zero-order valence-electron chi connectivity index (χ0n) is 30.0. The number of fused-ring (bicyclic) bond motifs is 1. The first-order valence-corrected chi connectivity index (χ1v) is 18.4. The standard InChI is InChI=1S/C44H44N2O4S/c1-6-9-19-44(4,5)35-24-33-23-34(28-45)39(29-46)41(31-14-12-18-38(26-31)51-37-17-10-13-30(7-2)22-37)42(33)40(27-35)50-36-16-11-15-32(25-36)43(47)49-21-20-48-8-3/h10-18,22-27H,6-9,19-21H2,1-5H3. The molecular formula is C44H44N2O4S. The van der Waals surface area contributed by atoms with E-state index in [0.29, 0.717) is 41.4 Å². The normalized spacial score (nSPS) is 11.2. The Hall–Kier alpha value is -5.08. The lowest BCUT2D eigenvalue weighted by Crippen LogP contribution is -2.17. The van der Waals surface area contributed by atoms with Crippen molar-refractivity contribution >= 4 is 28.5 Å². The Morgan fingerprint density at radius 2 is 1.61 bits per heavy atom. The van der Waals surface area contributed by atoms with E-state index in [-0.39, 0.29) is 17.6 Å². The number of nitriles is 2. The first kappa shape index (κ1) is 37.2. The van der Waals surface area contributed by atoms with Crippen molar-refractivity contribution in [3.05, 3.63) is 119 Å². The second-order valence-electron chi connectivity index (χ2n) is 13.1. The highest BCUT2D eigenvalue weighted by Gasteiger charge is 2.26. The van der Waals surface area contributed by atoms with Crippen molar-refractivity contribution < 1.29 is 19.0 Å². The minimum atomic E-state index is -0.468. The number of unbranched alkanes of at least 4 members (excludes halogenated alkanes) is 1. The Morgan fingerprint density at radius 3 is 2.33 bits per heavy atom. The molecule has 0 amide bonds. The molecule has 0 unspecified atom stereocenters. The Kier molecular flexibility index (Phi) is 12.6. The number of rotatable bonds is 15. The van der Waals surface area contributed by atoms with Gasteiger partial charge >= 0.3 is 5.97 Å². The molecular weight excluding hydrogens is 653 g/mol. The Balaban J connectivity index is 1.69. The maximum absolute atomic E-state index is 12.9. The van der Waals surface area contributed by atoms with Gasteiger partial charge in [-0.25, -0.2) is 4.79 Å². The summed E-state index contributed by atoms with van der Waals surface area (Å²) >= 11 is 1.66. The first-order valence-electron chi connectivity index (χ1n) is 17.6. The van der Waals surface area contributed by atoms with Crippen molar-refractivity contribution in [1.82, 2.24) is 0 Å². The number of carbonyl (C=O) groups excluding carboxylic acids is 1. The van der Waals surface area contributed by atoms with Gasteiger partial charge in [-0.2, -0.15) is 10.5 Å². The average Bonchev–Trinajstić information content (AvgIpc) is 3.15. The van der Waals surface area contributed by atoms with Gasteiger partial charge in [0.25, 0.3) is 0 Å². The van der Waals surface area contributed by atoms with E-state index in [0.717, 1.165) is 57.4 Å². The zero-order valence-corrected chi connectivity index (χ0v) is 30.9. The van der Waals surface area contributed by atoms with Gasteiger partial charge in [0.05, 0.1) is 23.3 Å². The first-order chi connectivity index (χ1) is 24.7. The van der Waals surface area contributed by atoms with E-state index < -0.39 is 5.97 Å². The number of hydrogen-bond acceptors (Lipinski definition) is 7. The van der Waals surface area contributed by atoms with Gasteiger partial charge in [-0.05, 0) is 102 Å². The van der Waals surface area contributed by atoms with Crippen molar-refractivity contribution in [2.75, 3.05) is 19.8 Å². The third-order valence-electron chi connectivity index (χ3n) is 9.00. The van der Waals surface area contributed by atoms with Crippen LogP contribution in [0.4, 0.5) is 0 Å². The molecule has 6 nitrogen and oxygen atoms in total. The van der Waals surface area contributed by atoms with Crippen LogP contribution in [0.3, 0.4) is 0 Å². The lowest BCUT2D eigenvalue weighted by Gasteiger charge is -2.27. The number of esters is 1. The summed E-state index contributed by atoms with van der Waals surface area (Å²) in [7, 11) is 0. The second-order valence-corrected chi connectivity index (χ2v) is 14.2. The molecule has 0 fully saturated rings. The van der Waals surface area contributed by atoms with Crippen LogP contribution in [-0.2, 0) is 21.3 Å². The molecule has 0 N–H and O–H groups in total. The fraction of sp³-hybridized carbons (Fsp3) is 0.295. The van der Waals surface area contributed by atoms with Crippen molar-refractivity contribution in [2.45, 2.75) is 75.5 Å². The minimum Gasteiger partial charge on any atom is -0.460 e. The highest BCUT2D eigenvalue weighted by Crippen LogP contribution is 2.45. The fourth-order valence-electron chi connectivity index (χ4n) is 6.15. The molecule has 7 heteroatoms. The highest BCUT2D eigenvalue weighted by molar-refractivity contribution is 7.99. The summed E-state index contributed by atoms with van der Waals surface area (Å²) in [4.78, 5) is 15.0. The minimum absolute atomic E-state index is 0.153. The van der Waals surface area contributed by atoms with Crippen LogP contribution < -0.4 is 4.74 Å². The predicted molar refractivity (Wildman–Crippen MR) is 205 cm³/mol. The summed E-state index contributed by atoms with van der Waals surface area (Å²) in [5.41, 5.74) is 4.51. The molecule has 260 valence electrons. The third-order valence-corrected chi connectivity index (χ3v) is 9.98. The molecule has 0 saturated carbocycles. The Bertz CT molecular complexity index is 2110. The number of aryl methyl sites for hydroxylation is 1. The van der Waals surface area contributed by atoms with Gasteiger partial charge in [0.2, 0.25) is 0 Å². The van der Waals surface area contributed by atoms with E-state index in [9.17, 15) is 15.3 Å². The van der Waals surface area contributed by atoms with Crippen LogP contribution in [0.1, 0.15) is 86.5 Å². The lowest BCUT2D eigenvalue weighted by molar-refractivity contribution is 0.0335. The molecule has 0 aromatic heterocycles. The topological polar surface area (TPSA) is 92.3 Å². The molecule has 5 rings (SSSR count). The molecule has 51 heavy (non-hydrogen) atoms. The summed E-state index contributed by atoms with van der Waals surface area (Å²) in [6, 6.07) is 34.1. The van der Waals surface area contributed by atoms with Gasteiger partial charge in [0.1, 0.15) is 30.2 Å². The summed E-state index contributed by atoms with van der Waals surface area (Å²) in [5.74, 6) is 0.524. The Morgan fingerprint density at radius 1 is 0.843 bits per heavy atom. The van der Waals surface area contributed by atoms with Gasteiger partial charge in [0.15, 0.2) is 0 Å². The summed E-state index contributed by atoms with van der Waals surface area (Å²) in [5, 5.41) is 22.4. The zero-order chi connectivity index (χ0) is 36.4. The van der Waals surface area contributed by atoms with Gasteiger partial charge in [0, 0.05) is 27.3 Å². The van der Waals surface area contributed by atoms with Crippen LogP contribution in [0.25, 0.3) is 21.9 Å². The summed E-state index contributed by atoms with van der Waals surface area (Å²) in [6.07, 6.45) is 4.04. The maximum Gasteiger partial charge on any atom is 0.338 e. The number of hydrogen-bond donors (Lipinski definition) is 0. The molecule has 0 radical (unpaired) electrons. The maximum atomic E-state index is 12.9. The monoisotopic (exact) mass is 696 g/mol. The van der Waals surface area contributed by atoms with Gasteiger partial charge in [-0.3, -0.25) is 0 Å². The van der Waals surface area contributed by atoms with E-state index >= 15 is 0 Å². The predicted octanol–water partition coefficient (Wildman–Crippen LogP) is 11.4. The summed E-state index contributed by atoms with van der Waals surface area (Å²) < 4.78 is 17.5. The third kappa shape index (κ3) is 8.99.